The van der Waals surface area contributed by atoms with Crippen LogP contribution >= 0.6 is 0 Å². The van der Waals surface area contributed by atoms with Crippen molar-refractivity contribution in [3.05, 3.63) is 29.8 Å². The van der Waals surface area contributed by atoms with E-state index < -0.39 is 11.8 Å². The maximum Gasteiger partial charge on any atom is 0.379 e. The predicted octanol–water partition coefficient (Wildman–Crippen LogP) is 1.14. The molecule has 0 saturated carbocycles. The van der Waals surface area contributed by atoms with Gasteiger partial charge < -0.3 is 9.84 Å². The van der Waals surface area contributed by atoms with Gasteiger partial charge in [-0.15, -0.1) is 0 Å². The van der Waals surface area contributed by atoms with E-state index in [4.69, 9.17) is 0 Å². The summed E-state index contributed by atoms with van der Waals surface area (Å²) in [4.78, 5) is 22.3. The highest BCUT2D eigenvalue weighted by Gasteiger charge is 2.19. The second kappa shape index (κ2) is 4.41. The van der Waals surface area contributed by atoms with E-state index in [1.165, 1.54) is 12.1 Å². The van der Waals surface area contributed by atoms with Crippen LogP contribution in [0.4, 0.5) is 0 Å². The van der Waals surface area contributed by atoms with Gasteiger partial charge in [0.2, 0.25) is 0 Å². The number of hydrogen-bond acceptors (Lipinski definition) is 4. The third-order valence-electron chi connectivity index (χ3n) is 1.61. The molecular formula is C10H10O4. The summed E-state index contributed by atoms with van der Waals surface area (Å²) in [5, 5.41) is 9.27. The lowest BCUT2D eigenvalue weighted by Gasteiger charge is -2.02. The van der Waals surface area contributed by atoms with Gasteiger partial charge in [-0.2, -0.15) is 0 Å². The Bertz CT molecular complexity index is 357. The average molecular weight is 194 g/mol. The summed E-state index contributed by atoms with van der Waals surface area (Å²) >= 11 is 0. The van der Waals surface area contributed by atoms with E-state index in [0.29, 0.717) is 0 Å². The highest BCUT2D eigenvalue weighted by Crippen LogP contribution is 2.16. The number of Topliss-reactive ketones (excluding diaryl/α,β-unsaturated/α-hetero) is 1. The Balaban J connectivity index is 2.90. The molecule has 0 aliphatic carbocycles. The first-order valence-corrected chi connectivity index (χ1v) is 4.16. The van der Waals surface area contributed by atoms with Gasteiger partial charge in [-0.1, -0.05) is 12.1 Å². The molecule has 0 fully saturated rings. The van der Waals surface area contributed by atoms with Gasteiger partial charge in [-0.25, -0.2) is 4.79 Å². The van der Waals surface area contributed by atoms with Gasteiger partial charge in [0, 0.05) is 0 Å². The van der Waals surface area contributed by atoms with Crippen molar-refractivity contribution in [2.75, 3.05) is 6.61 Å². The van der Waals surface area contributed by atoms with Crippen molar-refractivity contribution >= 4 is 11.8 Å². The minimum absolute atomic E-state index is 0.0362. The number of carbonyl (C=O) groups is 2. The zero-order chi connectivity index (χ0) is 10.6. The molecule has 1 N–H and O–H groups in total. The van der Waals surface area contributed by atoms with Gasteiger partial charge in [0.25, 0.3) is 5.78 Å². The third-order valence-corrected chi connectivity index (χ3v) is 1.61. The van der Waals surface area contributed by atoms with E-state index in [-0.39, 0.29) is 17.9 Å². The number of phenols is 1. The Labute approximate surface area is 81.1 Å². The van der Waals surface area contributed by atoms with Gasteiger partial charge in [0.1, 0.15) is 5.75 Å². The number of hydrogen-bond donors (Lipinski definition) is 1. The largest absolute Gasteiger partial charge is 0.507 e. The van der Waals surface area contributed by atoms with E-state index in [9.17, 15) is 14.7 Å². The van der Waals surface area contributed by atoms with Crippen LogP contribution in [0.3, 0.4) is 0 Å². The Kier molecular flexibility index (Phi) is 3.23. The molecule has 1 rings (SSSR count). The van der Waals surface area contributed by atoms with Gasteiger partial charge in [0.15, 0.2) is 0 Å². The first-order valence-electron chi connectivity index (χ1n) is 4.16. The van der Waals surface area contributed by atoms with Gasteiger partial charge in [-0.3, -0.25) is 4.79 Å². The first kappa shape index (κ1) is 10.2. The quantitative estimate of drug-likeness (QED) is 0.445. The Morgan fingerprint density at radius 3 is 2.57 bits per heavy atom. The summed E-state index contributed by atoms with van der Waals surface area (Å²) in [7, 11) is 0. The first-order chi connectivity index (χ1) is 6.66. The van der Waals surface area contributed by atoms with Crippen LogP contribution in [-0.4, -0.2) is 23.5 Å². The van der Waals surface area contributed by atoms with Crippen LogP contribution in [0.25, 0.3) is 0 Å². The van der Waals surface area contributed by atoms with Crippen LogP contribution in [0.5, 0.6) is 5.75 Å². The molecule has 1 aromatic rings. The van der Waals surface area contributed by atoms with Crippen LogP contribution in [-0.2, 0) is 9.53 Å². The van der Waals surface area contributed by atoms with Crippen LogP contribution in [0.1, 0.15) is 17.3 Å². The lowest BCUT2D eigenvalue weighted by Crippen LogP contribution is -2.17. The monoisotopic (exact) mass is 194 g/mol. The number of ether oxygens (including phenoxy) is 1. The second-order valence-corrected chi connectivity index (χ2v) is 2.57. The van der Waals surface area contributed by atoms with Crippen molar-refractivity contribution in [3.8, 4) is 5.75 Å². The molecule has 0 radical (unpaired) electrons. The van der Waals surface area contributed by atoms with E-state index in [0.717, 1.165) is 0 Å². The topological polar surface area (TPSA) is 63.6 Å². The smallest absolute Gasteiger partial charge is 0.379 e. The zero-order valence-corrected chi connectivity index (χ0v) is 7.69. The molecule has 4 nitrogen and oxygen atoms in total. The molecule has 14 heavy (non-hydrogen) atoms. The fourth-order valence-corrected chi connectivity index (χ4v) is 0.972. The molecule has 0 bridgehead atoms. The Morgan fingerprint density at radius 1 is 1.36 bits per heavy atom. The number of rotatable bonds is 3. The highest BCUT2D eigenvalue weighted by atomic mass is 16.5. The number of para-hydroxylation sites is 1. The molecule has 4 heteroatoms. The summed E-state index contributed by atoms with van der Waals surface area (Å²) < 4.78 is 4.51. The van der Waals surface area contributed by atoms with Crippen LogP contribution in [0.2, 0.25) is 0 Å². The zero-order valence-electron chi connectivity index (χ0n) is 7.69. The van der Waals surface area contributed by atoms with Gasteiger partial charge in [-0.05, 0) is 19.1 Å². The van der Waals surface area contributed by atoms with Crippen molar-refractivity contribution in [1.82, 2.24) is 0 Å². The van der Waals surface area contributed by atoms with Crippen LogP contribution < -0.4 is 0 Å². The Morgan fingerprint density at radius 2 is 2.00 bits per heavy atom. The minimum atomic E-state index is -0.950. The number of phenolic OH excluding ortho intramolecular Hbond substituents is 1. The average Bonchev–Trinajstić information content (AvgIpc) is 2.18. The van der Waals surface area contributed by atoms with Crippen molar-refractivity contribution in [3.63, 3.8) is 0 Å². The minimum Gasteiger partial charge on any atom is -0.507 e. The van der Waals surface area contributed by atoms with Crippen LogP contribution in [0, 0.1) is 0 Å². The molecule has 0 unspecified atom stereocenters. The molecule has 0 aromatic heterocycles. The summed E-state index contributed by atoms with van der Waals surface area (Å²) in [6.45, 7) is 1.74. The van der Waals surface area contributed by atoms with Crippen molar-refractivity contribution < 1.29 is 19.4 Å². The van der Waals surface area contributed by atoms with Gasteiger partial charge >= 0.3 is 5.97 Å². The normalized spacial score (nSPS) is 9.50. The summed E-state index contributed by atoms with van der Waals surface area (Å²) in [5.74, 6) is -2.00. The molecule has 1 aromatic carbocycles. The molecule has 0 aliphatic heterocycles. The van der Waals surface area contributed by atoms with E-state index in [2.05, 4.69) is 4.74 Å². The molecule has 0 atom stereocenters. The summed E-state index contributed by atoms with van der Waals surface area (Å²) in [6.07, 6.45) is 0. The van der Waals surface area contributed by atoms with Crippen molar-refractivity contribution in [2.45, 2.75) is 6.92 Å². The Hall–Kier alpha value is -1.84. The maximum atomic E-state index is 11.3. The SMILES string of the molecule is CCOC(=O)C(=O)c1ccccc1O. The number of ketones is 1. The predicted molar refractivity (Wildman–Crippen MR) is 49.1 cm³/mol. The van der Waals surface area contributed by atoms with E-state index in [1.807, 2.05) is 0 Å². The lowest BCUT2D eigenvalue weighted by molar-refractivity contribution is -0.137. The van der Waals surface area contributed by atoms with Gasteiger partial charge in [0.05, 0.1) is 12.2 Å². The standard InChI is InChI=1S/C10H10O4/c1-2-14-10(13)9(12)7-5-3-4-6-8(7)11/h3-6,11H,2H2,1H3. The second-order valence-electron chi connectivity index (χ2n) is 2.57. The molecule has 0 heterocycles. The fourth-order valence-electron chi connectivity index (χ4n) is 0.972. The van der Waals surface area contributed by atoms with Crippen molar-refractivity contribution in [1.29, 1.82) is 0 Å². The van der Waals surface area contributed by atoms with E-state index >= 15 is 0 Å². The van der Waals surface area contributed by atoms with Crippen LogP contribution in [0.15, 0.2) is 24.3 Å². The number of aromatic hydroxyl groups is 1. The number of benzene rings is 1. The summed E-state index contributed by atoms with van der Waals surface area (Å²) in [6, 6.07) is 5.84. The summed E-state index contributed by atoms with van der Waals surface area (Å²) in [5.41, 5.74) is -0.0362. The molecule has 0 aliphatic rings. The molecule has 0 saturated heterocycles. The highest BCUT2D eigenvalue weighted by molar-refractivity contribution is 6.41. The number of carbonyl (C=O) groups excluding carboxylic acids is 2. The fraction of sp³-hybridized carbons (Fsp3) is 0.200. The molecule has 0 amide bonds. The lowest BCUT2D eigenvalue weighted by atomic mass is 10.1. The number of esters is 1. The molecule has 0 spiro atoms. The van der Waals surface area contributed by atoms with Crippen molar-refractivity contribution in [2.24, 2.45) is 0 Å². The maximum absolute atomic E-state index is 11.3. The molecule has 74 valence electrons. The van der Waals surface area contributed by atoms with E-state index in [1.54, 1.807) is 19.1 Å². The molecular weight excluding hydrogens is 184 g/mol. The third kappa shape index (κ3) is 2.10.